The summed E-state index contributed by atoms with van der Waals surface area (Å²) in [5.74, 6) is 0.534. The fourth-order valence-electron chi connectivity index (χ4n) is 4.61. The lowest BCUT2D eigenvalue weighted by Crippen LogP contribution is -2.48. The lowest BCUT2D eigenvalue weighted by atomic mass is 9.86. The van der Waals surface area contributed by atoms with Crippen LogP contribution in [0.15, 0.2) is 24.3 Å². The van der Waals surface area contributed by atoms with Crippen molar-refractivity contribution in [1.29, 1.82) is 0 Å². The Balaban J connectivity index is 1.54. The molecular weight excluding hydrogens is 324 g/mol. The van der Waals surface area contributed by atoms with Gasteiger partial charge in [0.05, 0.1) is 12.0 Å². The van der Waals surface area contributed by atoms with Crippen molar-refractivity contribution in [2.75, 3.05) is 6.54 Å². The number of aryl methyl sites for hydroxylation is 1. The van der Waals surface area contributed by atoms with Crippen LogP contribution in [0.25, 0.3) is 0 Å². The van der Waals surface area contributed by atoms with Gasteiger partial charge in [-0.25, -0.2) is 0 Å². The van der Waals surface area contributed by atoms with E-state index in [9.17, 15) is 9.59 Å². The minimum Gasteiger partial charge on any atom is -0.353 e. The molecule has 3 fully saturated rings. The third-order valence-corrected chi connectivity index (χ3v) is 6.29. The molecule has 1 saturated heterocycles. The smallest absolute Gasteiger partial charge is 0.226 e. The van der Waals surface area contributed by atoms with E-state index in [1.54, 1.807) is 0 Å². The van der Waals surface area contributed by atoms with Gasteiger partial charge in [0.2, 0.25) is 11.8 Å². The van der Waals surface area contributed by atoms with Crippen molar-refractivity contribution in [2.24, 2.45) is 11.8 Å². The molecular formula is C22H30N2O2. The minimum atomic E-state index is -0.0537. The van der Waals surface area contributed by atoms with E-state index < -0.39 is 0 Å². The van der Waals surface area contributed by atoms with Gasteiger partial charge in [-0.15, -0.1) is 0 Å². The fourth-order valence-corrected chi connectivity index (χ4v) is 4.61. The van der Waals surface area contributed by atoms with Crippen LogP contribution in [0.5, 0.6) is 0 Å². The van der Waals surface area contributed by atoms with Gasteiger partial charge >= 0.3 is 0 Å². The number of amides is 2. The molecule has 1 N–H and O–H groups in total. The van der Waals surface area contributed by atoms with E-state index >= 15 is 0 Å². The SMILES string of the molecule is Cc1cccc([C@H]2CC[C@@H](C(=O)NC3CC3)CN2C(=O)C2CCCC2)c1. The summed E-state index contributed by atoms with van der Waals surface area (Å²) in [5.41, 5.74) is 2.45. The van der Waals surface area contributed by atoms with Gasteiger partial charge in [0.15, 0.2) is 0 Å². The number of piperidine rings is 1. The highest BCUT2D eigenvalue weighted by Crippen LogP contribution is 2.37. The highest BCUT2D eigenvalue weighted by molar-refractivity contribution is 5.83. The van der Waals surface area contributed by atoms with E-state index in [0.29, 0.717) is 12.6 Å². The zero-order valence-electron chi connectivity index (χ0n) is 15.7. The molecule has 2 amide bonds. The predicted octanol–water partition coefficient (Wildman–Crippen LogP) is 3.74. The molecule has 1 aromatic rings. The van der Waals surface area contributed by atoms with E-state index in [2.05, 4.69) is 36.5 Å². The van der Waals surface area contributed by atoms with E-state index in [-0.39, 0.29) is 29.7 Å². The number of carbonyl (C=O) groups is 2. The van der Waals surface area contributed by atoms with Crippen LogP contribution < -0.4 is 5.32 Å². The highest BCUT2D eigenvalue weighted by Gasteiger charge is 2.39. The maximum atomic E-state index is 13.3. The Kier molecular flexibility index (Phi) is 5.01. The molecule has 0 aromatic heterocycles. The van der Waals surface area contributed by atoms with Crippen LogP contribution in [-0.2, 0) is 9.59 Å². The van der Waals surface area contributed by atoms with E-state index in [1.165, 1.54) is 11.1 Å². The molecule has 26 heavy (non-hydrogen) atoms. The second-order valence-electron chi connectivity index (χ2n) is 8.46. The summed E-state index contributed by atoms with van der Waals surface area (Å²) < 4.78 is 0. The molecule has 140 valence electrons. The molecule has 2 atom stereocenters. The summed E-state index contributed by atoms with van der Waals surface area (Å²) in [7, 11) is 0. The van der Waals surface area contributed by atoms with Crippen LogP contribution in [0, 0.1) is 18.8 Å². The van der Waals surface area contributed by atoms with Crippen molar-refractivity contribution in [3.8, 4) is 0 Å². The summed E-state index contributed by atoms with van der Waals surface area (Å²) in [5, 5.41) is 3.14. The molecule has 2 saturated carbocycles. The summed E-state index contributed by atoms with van der Waals surface area (Å²) in [4.78, 5) is 27.9. The molecule has 0 unspecified atom stereocenters. The van der Waals surface area contributed by atoms with Crippen molar-refractivity contribution in [1.82, 2.24) is 10.2 Å². The third-order valence-electron chi connectivity index (χ3n) is 6.29. The van der Waals surface area contributed by atoms with Crippen molar-refractivity contribution in [3.05, 3.63) is 35.4 Å². The normalized spacial score (nSPS) is 26.7. The first-order chi connectivity index (χ1) is 12.6. The molecule has 0 bridgehead atoms. The molecule has 2 aliphatic carbocycles. The van der Waals surface area contributed by atoms with Gasteiger partial charge in [-0.2, -0.15) is 0 Å². The average Bonchev–Trinajstić information content (AvgIpc) is 3.29. The van der Waals surface area contributed by atoms with Crippen molar-refractivity contribution in [3.63, 3.8) is 0 Å². The lowest BCUT2D eigenvalue weighted by Gasteiger charge is -2.41. The summed E-state index contributed by atoms with van der Waals surface area (Å²) in [6, 6.07) is 9.02. The molecule has 1 heterocycles. The summed E-state index contributed by atoms with van der Waals surface area (Å²) >= 11 is 0. The third kappa shape index (κ3) is 3.79. The van der Waals surface area contributed by atoms with E-state index in [0.717, 1.165) is 51.4 Å². The van der Waals surface area contributed by atoms with Crippen LogP contribution in [0.4, 0.5) is 0 Å². The van der Waals surface area contributed by atoms with Gasteiger partial charge in [0.1, 0.15) is 0 Å². The van der Waals surface area contributed by atoms with Gasteiger partial charge in [-0.3, -0.25) is 9.59 Å². The molecule has 3 aliphatic rings. The van der Waals surface area contributed by atoms with Gasteiger partial charge < -0.3 is 10.2 Å². The Labute approximate surface area is 156 Å². The maximum absolute atomic E-state index is 13.3. The Morgan fingerprint density at radius 3 is 2.46 bits per heavy atom. The Morgan fingerprint density at radius 1 is 1.00 bits per heavy atom. The number of nitrogens with one attached hydrogen (secondary N) is 1. The molecule has 1 aliphatic heterocycles. The second-order valence-corrected chi connectivity index (χ2v) is 8.46. The number of benzene rings is 1. The second kappa shape index (κ2) is 7.42. The number of nitrogens with zero attached hydrogens (tertiary/aromatic N) is 1. The summed E-state index contributed by atoms with van der Waals surface area (Å²) in [6.07, 6.45) is 8.29. The maximum Gasteiger partial charge on any atom is 0.226 e. The van der Waals surface area contributed by atoms with E-state index in [4.69, 9.17) is 0 Å². The number of hydrogen-bond acceptors (Lipinski definition) is 2. The molecule has 0 radical (unpaired) electrons. The van der Waals surface area contributed by atoms with Crippen molar-refractivity contribution < 1.29 is 9.59 Å². The van der Waals surface area contributed by atoms with Gasteiger partial charge in [0, 0.05) is 18.5 Å². The number of rotatable bonds is 4. The minimum absolute atomic E-state index is 0.0537. The number of hydrogen-bond donors (Lipinski definition) is 1. The topological polar surface area (TPSA) is 49.4 Å². The predicted molar refractivity (Wildman–Crippen MR) is 101 cm³/mol. The molecule has 0 spiro atoms. The Bertz CT molecular complexity index is 676. The molecule has 4 nitrogen and oxygen atoms in total. The van der Waals surface area contributed by atoms with Crippen LogP contribution in [0.3, 0.4) is 0 Å². The first-order valence-electron chi connectivity index (χ1n) is 10.3. The number of carbonyl (C=O) groups excluding carboxylic acids is 2. The zero-order valence-corrected chi connectivity index (χ0v) is 15.7. The van der Waals surface area contributed by atoms with Gasteiger partial charge in [-0.05, 0) is 51.0 Å². The lowest BCUT2D eigenvalue weighted by molar-refractivity contribution is -0.142. The number of likely N-dealkylation sites (tertiary alicyclic amines) is 1. The van der Waals surface area contributed by atoms with Crippen molar-refractivity contribution in [2.45, 2.75) is 70.4 Å². The quantitative estimate of drug-likeness (QED) is 0.895. The van der Waals surface area contributed by atoms with Crippen LogP contribution in [0.1, 0.15) is 68.5 Å². The average molecular weight is 354 g/mol. The first-order valence-corrected chi connectivity index (χ1v) is 10.3. The van der Waals surface area contributed by atoms with Crippen LogP contribution >= 0.6 is 0 Å². The Hall–Kier alpha value is -1.84. The van der Waals surface area contributed by atoms with Gasteiger partial charge in [-0.1, -0.05) is 42.7 Å². The van der Waals surface area contributed by atoms with Crippen LogP contribution in [0.2, 0.25) is 0 Å². The van der Waals surface area contributed by atoms with Crippen LogP contribution in [-0.4, -0.2) is 29.3 Å². The summed E-state index contributed by atoms with van der Waals surface area (Å²) in [6.45, 7) is 2.67. The highest BCUT2D eigenvalue weighted by atomic mass is 16.2. The standard InChI is InChI=1S/C22H30N2O2/c1-15-5-4-8-17(13-15)20-12-9-18(21(25)23-19-10-11-19)14-24(20)22(26)16-6-2-3-7-16/h4-5,8,13,16,18-20H,2-3,6-7,9-12,14H2,1H3,(H,23,25)/t18-,20-/m1/s1. The van der Waals surface area contributed by atoms with Crippen molar-refractivity contribution >= 4 is 11.8 Å². The molecule has 4 heteroatoms. The first kappa shape index (κ1) is 17.6. The largest absolute Gasteiger partial charge is 0.353 e. The Morgan fingerprint density at radius 2 is 1.77 bits per heavy atom. The van der Waals surface area contributed by atoms with E-state index in [1.807, 2.05) is 4.90 Å². The molecule has 4 rings (SSSR count). The monoisotopic (exact) mass is 354 g/mol. The zero-order chi connectivity index (χ0) is 18.1. The fraction of sp³-hybridized carbons (Fsp3) is 0.636. The van der Waals surface area contributed by atoms with Gasteiger partial charge in [0.25, 0.3) is 0 Å². The molecule has 1 aromatic carbocycles.